The molecule has 8 nitrogen and oxygen atoms in total. The molecule has 0 fully saturated rings. The van der Waals surface area contributed by atoms with Crippen LogP contribution >= 0.6 is 123 Å². The third kappa shape index (κ3) is 15.1. The van der Waals surface area contributed by atoms with Gasteiger partial charge in [-0.05, 0) is 90.7 Å². The molecule has 8 rings (SSSR count). The largest absolute Gasteiger partial charge is 0.478 e. The molecule has 0 amide bonds. The second kappa shape index (κ2) is 25.1. The van der Waals surface area contributed by atoms with E-state index in [1.807, 2.05) is 34.5 Å². The highest BCUT2D eigenvalue weighted by Crippen LogP contribution is 2.33. The van der Waals surface area contributed by atoms with Crippen LogP contribution in [0.4, 0.5) is 0 Å². The van der Waals surface area contributed by atoms with E-state index in [0.29, 0.717) is 4.88 Å². The minimum Gasteiger partial charge on any atom is -0.478 e. The molecule has 18 heteroatoms. The van der Waals surface area contributed by atoms with Gasteiger partial charge in [-0.3, -0.25) is 0 Å². The van der Waals surface area contributed by atoms with Crippen molar-refractivity contribution in [3.63, 3.8) is 0 Å². The van der Waals surface area contributed by atoms with Crippen molar-refractivity contribution in [3.8, 4) is 0 Å². The highest BCUT2D eigenvalue weighted by atomic mass is 79.9. The smallest absolute Gasteiger partial charge is 0.346 e. The van der Waals surface area contributed by atoms with Crippen molar-refractivity contribution in [2.45, 2.75) is 35.4 Å². The van der Waals surface area contributed by atoms with Crippen LogP contribution in [0.15, 0.2) is 85.5 Å². The zero-order chi connectivity index (χ0) is 38.6. The van der Waals surface area contributed by atoms with Gasteiger partial charge in [-0.1, -0.05) is 37.9 Å². The second-order valence-corrected chi connectivity index (χ2v) is 18.5. The lowest BCUT2D eigenvalue weighted by atomic mass is 10.2. The molecule has 0 saturated heterocycles. The number of carbonyl (C=O) groups is 3. The Morgan fingerprint density at radius 3 is 1.83 bits per heavy atom. The van der Waals surface area contributed by atoms with E-state index in [2.05, 4.69) is 77.0 Å². The Bertz CT molecular complexity index is 1910. The monoisotopic (exact) mass is 994 g/mol. The van der Waals surface area contributed by atoms with Gasteiger partial charge in [0.05, 0.1) is 18.8 Å². The number of carboxylic acids is 3. The molecule has 0 unspecified atom stereocenters. The topological polar surface area (TPSA) is 152 Å². The van der Waals surface area contributed by atoms with E-state index in [0.717, 1.165) is 32.4 Å². The molecule has 1 aliphatic heterocycles. The van der Waals surface area contributed by atoms with E-state index < -0.39 is 17.9 Å². The first kappa shape index (κ1) is 45.2. The first-order chi connectivity index (χ1) is 25.6. The number of rotatable bonds is 7. The molecule has 7 aromatic rings. The van der Waals surface area contributed by atoms with Crippen molar-refractivity contribution in [1.29, 1.82) is 0 Å². The fourth-order valence-corrected chi connectivity index (χ4v) is 12.2. The van der Waals surface area contributed by atoms with Crippen molar-refractivity contribution >= 4 is 151 Å². The summed E-state index contributed by atoms with van der Waals surface area (Å²) in [6.07, 6.45) is 0. The molecule has 0 radical (unpaired) electrons. The highest BCUT2D eigenvalue weighted by molar-refractivity contribution is 9.09. The van der Waals surface area contributed by atoms with E-state index in [1.165, 1.54) is 66.2 Å². The molecule has 0 spiro atoms. The van der Waals surface area contributed by atoms with Gasteiger partial charge in [0.25, 0.3) is 0 Å². The first-order valence-electron chi connectivity index (χ1n) is 14.9. The fraction of sp³-hybridized carbons (Fsp3) is 0.171. The lowest BCUT2D eigenvalue weighted by molar-refractivity contribution is 0.0656. The van der Waals surface area contributed by atoms with Crippen molar-refractivity contribution in [2.75, 3.05) is 0 Å². The predicted molar refractivity (Wildman–Crippen MR) is 234 cm³/mol. The molecule has 1 aliphatic rings. The summed E-state index contributed by atoms with van der Waals surface area (Å²) in [5, 5.41) is 61.6. The summed E-state index contributed by atoms with van der Waals surface area (Å²) in [7, 11) is 0. The molecule has 0 atom stereocenters. The van der Waals surface area contributed by atoms with Crippen molar-refractivity contribution in [1.82, 2.24) is 0 Å². The number of aliphatic hydroxyl groups is 2. The van der Waals surface area contributed by atoms with Crippen LogP contribution in [0.2, 0.25) is 0 Å². The van der Waals surface area contributed by atoms with Crippen LogP contribution in [0.5, 0.6) is 0 Å². The van der Waals surface area contributed by atoms with Crippen LogP contribution in [0, 0.1) is 0 Å². The number of carboxylic acid groups (broad SMARTS) is 3. The molecular weight excluding hydrogens is 965 g/mol. The average molecular weight is 997 g/mol. The Balaban J connectivity index is 0.000000172. The molecule has 8 heterocycles. The van der Waals surface area contributed by atoms with E-state index >= 15 is 0 Å². The first-order valence-corrected chi connectivity index (χ1v) is 24.5. The Morgan fingerprint density at radius 1 is 0.623 bits per heavy atom. The van der Waals surface area contributed by atoms with Crippen molar-refractivity contribution < 1.29 is 39.9 Å². The lowest BCUT2D eigenvalue weighted by Crippen LogP contribution is -2.03. The molecule has 0 aromatic carbocycles. The van der Waals surface area contributed by atoms with Gasteiger partial charge in [-0.15, -0.1) is 68.0 Å². The molecule has 53 heavy (non-hydrogen) atoms. The van der Waals surface area contributed by atoms with Crippen LogP contribution in [0.3, 0.4) is 0 Å². The quantitative estimate of drug-likeness (QED) is 0.0983. The second-order valence-electron chi connectivity index (χ2n) is 9.85. The molecule has 0 bridgehead atoms. The van der Waals surface area contributed by atoms with Gasteiger partial charge in [0, 0.05) is 52.3 Å². The third-order valence-electron chi connectivity index (χ3n) is 6.50. The summed E-state index contributed by atoms with van der Waals surface area (Å²) in [5.74, 6) is -0.743. The minimum absolute atomic E-state index is 0.0272. The summed E-state index contributed by atoms with van der Waals surface area (Å²) in [6, 6.07) is 12.9. The number of aromatic carboxylic acids is 3. The Labute approximate surface area is 355 Å². The standard InChI is InChI=1S/C6H6Br2S.C6H4O4S.C6H8O2S.C6H6S2.C6H4S2.C5H4O2S/c7-3-5-1-2-9-6(5)4-8;7-5(8)3-1-2-11-4(3)6(9)10;7-3-5-1-2-9-6(5)4-8;2*1-2-8-6-4-7-3-5(1)6;6-5(7)4-2-1-3-8-4/h1-2H,3-4H2;1-2H,(H,7,8)(H,9,10);1-2,7-8H,3-4H2;1-2H,3-4H2;1-4H;1-3H,(H,6,7). The number of alkyl halides is 2. The average Bonchev–Trinajstić information content (AvgIpc) is 4.01. The van der Waals surface area contributed by atoms with E-state index in [1.54, 1.807) is 62.0 Å². The zero-order valence-electron chi connectivity index (χ0n) is 27.4. The van der Waals surface area contributed by atoms with E-state index in [9.17, 15) is 14.4 Å². The highest BCUT2D eigenvalue weighted by Gasteiger charge is 2.16. The molecule has 0 saturated carbocycles. The van der Waals surface area contributed by atoms with Crippen LogP contribution in [-0.4, -0.2) is 43.4 Å². The maximum Gasteiger partial charge on any atom is 0.346 e. The van der Waals surface area contributed by atoms with Crippen molar-refractivity contribution in [3.05, 3.63) is 132 Å². The van der Waals surface area contributed by atoms with Crippen LogP contribution < -0.4 is 0 Å². The van der Waals surface area contributed by atoms with Crippen LogP contribution in [-0.2, 0) is 35.4 Å². The van der Waals surface area contributed by atoms with E-state index in [4.69, 9.17) is 25.5 Å². The number of thiophene rings is 7. The third-order valence-corrected chi connectivity index (χ3v) is 15.7. The number of thioether (sulfide) groups is 1. The predicted octanol–water partition coefficient (Wildman–Crippen LogP) is 12.3. The van der Waals surface area contributed by atoms with Crippen molar-refractivity contribution in [2.24, 2.45) is 0 Å². The molecule has 0 aliphatic carbocycles. The summed E-state index contributed by atoms with van der Waals surface area (Å²) >= 11 is 19.7. The van der Waals surface area contributed by atoms with Gasteiger partial charge in [0.2, 0.25) is 0 Å². The Hall–Kier alpha value is -2.20. The molecule has 5 N–H and O–H groups in total. The van der Waals surface area contributed by atoms with Gasteiger partial charge in [0.1, 0.15) is 9.75 Å². The number of hydrogen-bond donors (Lipinski definition) is 5. The van der Waals surface area contributed by atoms with Gasteiger partial charge < -0.3 is 25.5 Å². The van der Waals surface area contributed by atoms with Gasteiger partial charge in [0.15, 0.2) is 0 Å². The van der Waals surface area contributed by atoms with Crippen LogP contribution in [0.25, 0.3) is 10.1 Å². The maximum atomic E-state index is 10.3. The van der Waals surface area contributed by atoms with Gasteiger partial charge >= 0.3 is 17.9 Å². The number of hydrogen-bond acceptors (Lipinski definition) is 13. The Morgan fingerprint density at radius 2 is 1.32 bits per heavy atom. The molecule has 282 valence electrons. The van der Waals surface area contributed by atoms with Crippen LogP contribution in [0.1, 0.15) is 61.0 Å². The summed E-state index contributed by atoms with van der Waals surface area (Å²) in [5.41, 5.74) is 3.65. The number of halogens is 2. The summed E-state index contributed by atoms with van der Waals surface area (Å²) in [4.78, 5) is 34.9. The van der Waals surface area contributed by atoms with Gasteiger partial charge in [-0.25, -0.2) is 14.4 Å². The zero-order valence-corrected chi connectivity index (χ0v) is 37.1. The summed E-state index contributed by atoms with van der Waals surface area (Å²) in [6.45, 7) is 0.0625. The lowest BCUT2D eigenvalue weighted by Gasteiger charge is -1.92. The molecular formula is C35H32Br2O8S8. The number of aliphatic hydroxyl groups excluding tert-OH is 2. The minimum atomic E-state index is -1.20. The van der Waals surface area contributed by atoms with E-state index in [-0.39, 0.29) is 23.7 Å². The van der Waals surface area contributed by atoms with Gasteiger partial charge in [-0.2, -0.15) is 23.1 Å². The fourth-order valence-electron chi connectivity index (χ4n) is 3.86. The normalized spacial score (nSPS) is 10.8. The Kier molecular flexibility index (Phi) is 21.4. The summed E-state index contributed by atoms with van der Waals surface area (Å²) < 4.78 is 1.41. The SMILES string of the molecule is BrCc1ccsc1CBr.O=C(O)c1cccs1.O=C(O)c1ccsc1C(=O)O.OCc1ccsc1CO.c1cc2c(s1)CSC2.c1cc2cscc2s1. The molecule has 7 aromatic heterocycles. The number of fused-ring (bicyclic) bond motifs is 2. The maximum absolute atomic E-state index is 10.3.